The molecule has 4 rings (SSSR count). The summed E-state index contributed by atoms with van der Waals surface area (Å²) < 4.78 is 29.8. The summed E-state index contributed by atoms with van der Waals surface area (Å²) >= 11 is 0. The molecule has 3 N–H and O–H groups in total. The zero-order valence-corrected chi connectivity index (χ0v) is 36.1. The highest BCUT2D eigenvalue weighted by molar-refractivity contribution is 6.02. The second-order valence-corrected chi connectivity index (χ2v) is 17.6. The maximum Gasteiger partial charge on any atom is 0.329 e. The van der Waals surface area contributed by atoms with Crippen LogP contribution in [0, 0.1) is 29.6 Å². The summed E-state index contributed by atoms with van der Waals surface area (Å²) in [4.78, 5) is 57.6. The Morgan fingerprint density at radius 2 is 1.60 bits per heavy atom. The summed E-state index contributed by atoms with van der Waals surface area (Å²) in [6, 6.07) is -1.01. The van der Waals surface area contributed by atoms with Crippen molar-refractivity contribution in [2.75, 3.05) is 27.9 Å². The molecule has 2 saturated heterocycles. The fraction of sp³-hybridized carbons (Fsp3) is 0.778. The number of hydrogen-bond donors (Lipinski definition) is 3. The molecule has 13 nitrogen and oxygen atoms in total. The summed E-state index contributed by atoms with van der Waals surface area (Å²) in [6.07, 6.45) is 4.89. The van der Waals surface area contributed by atoms with E-state index < -0.39 is 90.3 Å². The van der Waals surface area contributed by atoms with Crippen LogP contribution in [0.2, 0.25) is 0 Å². The third-order valence-corrected chi connectivity index (χ3v) is 13.1. The number of esters is 1. The van der Waals surface area contributed by atoms with Crippen molar-refractivity contribution in [1.82, 2.24) is 4.90 Å². The van der Waals surface area contributed by atoms with Crippen LogP contribution in [-0.4, -0.2) is 126 Å². The normalized spacial score (nSPS) is 40.7. The van der Waals surface area contributed by atoms with Gasteiger partial charge in [0.05, 0.1) is 36.9 Å². The van der Waals surface area contributed by atoms with Crippen molar-refractivity contribution in [3.8, 4) is 0 Å². The third-order valence-electron chi connectivity index (χ3n) is 13.1. The highest BCUT2D eigenvalue weighted by Gasteiger charge is 2.54. The van der Waals surface area contributed by atoms with E-state index >= 15 is 0 Å². The molecule has 4 aliphatic rings. The van der Waals surface area contributed by atoms with Crippen LogP contribution < -0.4 is 0 Å². The minimum Gasteiger partial charge on any atom is -0.456 e. The number of cyclic esters (lactones) is 1. The number of carbonyl (C=O) groups excluding carboxylic acids is 4. The van der Waals surface area contributed by atoms with Crippen LogP contribution in [0.4, 0.5) is 0 Å². The number of amides is 1. The van der Waals surface area contributed by atoms with E-state index in [-0.39, 0.29) is 43.1 Å². The number of methoxy groups -OCH3 is 3. The molecule has 13 heteroatoms. The molecule has 3 heterocycles. The predicted molar refractivity (Wildman–Crippen MR) is 217 cm³/mol. The van der Waals surface area contributed by atoms with Gasteiger partial charge >= 0.3 is 5.97 Å². The Bertz CT molecular complexity index is 1500. The molecule has 2 unspecified atom stereocenters. The lowest BCUT2D eigenvalue weighted by molar-refractivity contribution is -0.303. The predicted octanol–water partition coefficient (Wildman–Crippen LogP) is 5.03. The number of aliphatic hydroxyl groups is 3. The Balaban J connectivity index is 1.75. The largest absolute Gasteiger partial charge is 0.456 e. The first kappa shape index (κ1) is 47.9. The minimum absolute atomic E-state index is 0.00625. The second kappa shape index (κ2) is 21.7. The Hall–Kier alpha value is -2.78. The Morgan fingerprint density at radius 1 is 0.931 bits per heavy atom. The van der Waals surface area contributed by atoms with Crippen LogP contribution in [0.5, 0.6) is 0 Å². The van der Waals surface area contributed by atoms with Crippen LogP contribution >= 0.6 is 0 Å². The third kappa shape index (κ3) is 11.7. The lowest BCUT2D eigenvalue weighted by Crippen LogP contribution is -2.61. The minimum atomic E-state index is -2.30. The van der Waals surface area contributed by atoms with Gasteiger partial charge in [0.1, 0.15) is 24.0 Å². The van der Waals surface area contributed by atoms with Gasteiger partial charge in [0.15, 0.2) is 0 Å². The van der Waals surface area contributed by atoms with Gasteiger partial charge in [0.25, 0.3) is 0 Å². The Labute approximate surface area is 345 Å². The van der Waals surface area contributed by atoms with Gasteiger partial charge in [-0.3, -0.25) is 14.4 Å². The molecular weight excluding hydrogens is 746 g/mol. The zero-order valence-electron chi connectivity index (χ0n) is 36.1. The van der Waals surface area contributed by atoms with Crippen LogP contribution in [0.1, 0.15) is 112 Å². The fourth-order valence-corrected chi connectivity index (χ4v) is 9.63. The van der Waals surface area contributed by atoms with Gasteiger partial charge in [-0.2, -0.15) is 0 Å². The van der Waals surface area contributed by atoms with Gasteiger partial charge in [0, 0.05) is 52.0 Å². The van der Waals surface area contributed by atoms with Crippen LogP contribution in [0.3, 0.4) is 0 Å². The van der Waals surface area contributed by atoms with E-state index in [1.54, 1.807) is 41.3 Å². The number of hydrogen-bond acceptors (Lipinski definition) is 12. The molecule has 1 saturated carbocycles. The average Bonchev–Trinajstić information content (AvgIpc) is 3.19. The number of nitrogens with zero attached hydrogens (tertiary/aromatic N) is 1. The highest BCUT2D eigenvalue weighted by atomic mass is 16.7. The number of ketones is 2. The van der Waals surface area contributed by atoms with Gasteiger partial charge in [-0.05, 0) is 95.5 Å². The van der Waals surface area contributed by atoms with Gasteiger partial charge < -0.3 is 43.9 Å². The zero-order chi connectivity index (χ0) is 42.9. The molecule has 0 radical (unpaired) electrons. The number of fused-ring (bicyclic) bond motifs is 3. The molecule has 3 aliphatic heterocycles. The molecule has 328 valence electrons. The number of rotatable bonds is 7. The average molecular weight is 818 g/mol. The first-order valence-electron chi connectivity index (χ1n) is 21.3. The van der Waals surface area contributed by atoms with Crippen molar-refractivity contribution >= 4 is 23.4 Å². The number of Topliss-reactive ketones (excluding diaryl/α,β-unsaturated/α-hetero) is 2. The van der Waals surface area contributed by atoms with Crippen molar-refractivity contribution in [3.63, 3.8) is 0 Å². The summed E-state index contributed by atoms with van der Waals surface area (Å²) in [5, 5.41) is 34.1. The van der Waals surface area contributed by atoms with Crippen molar-refractivity contribution in [3.05, 3.63) is 36.0 Å². The van der Waals surface area contributed by atoms with Gasteiger partial charge in [-0.25, -0.2) is 4.79 Å². The maximum absolute atomic E-state index is 14.3. The molecule has 2 bridgehead atoms. The lowest BCUT2D eigenvalue weighted by atomic mass is 9.81. The van der Waals surface area contributed by atoms with Crippen LogP contribution in [-0.2, 0) is 42.9 Å². The molecule has 3 fully saturated rings. The molecule has 58 heavy (non-hydrogen) atoms. The van der Waals surface area contributed by atoms with Crippen LogP contribution in [0.15, 0.2) is 36.0 Å². The topological polar surface area (TPSA) is 178 Å². The summed E-state index contributed by atoms with van der Waals surface area (Å²) in [5.74, 6) is -6.50. The summed E-state index contributed by atoms with van der Waals surface area (Å²) in [5.41, 5.74) is 1.65. The van der Waals surface area contributed by atoms with E-state index in [4.69, 9.17) is 23.7 Å². The molecular formula is C45H71NO12. The van der Waals surface area contributed by atoms with Gasteiger partial charge in [-0.1, -0.05) is 44.6 Å². The molecule has 0 spiro atoms. The van der Waals surface area contributed by atoms with Crippen LogP contribution in [0.25, 0.3) is 0 Å². The maximum atomic E-state index is 14.3. The molecule has 1 aliphatic carbocycles. The number of ether oxygens (including phenoxy) is 5. The van der Waals surface area contributed by atoms with Crippen molar-refractivity contribution in [2.45, 2.75) is 166 Å². The molecule has 0 aromatic heterocycles. The van der Waals surface area contributed by atoms with Gasteiger partial charge in [0.2, 0.25) is 17.5 Å². The Morgan fingerprint density at radius 3 is 2.26 bits per heavy atom. The van der Waals surface area contributed by atoms with Crippen molar-refractivity contribution in [2.24, 2.45) is 29.6 Å². The number of piperidine rings is 1. The monoisotopic (exact) mass is 817 g/mol. The van der Waals surface area contributed by atoms with Crippen molar-refractivity contribution in [1.29, 1.82) is 0 Å². The number of carbonyl (C=O) groups is 4. The first-order valence-corrected chi connectivity index (χ1v) is 21.3. The smallest absolute Gasteiger partial charge is 0.329 e. The fourth-order valence-electron chi connectivity index (χ4n) is 9.63. The molecule has 14 atom stereocenters. The van der Waals surface area contributed by atoms with Gasteiger partial charge in [-0.15, -0.1) is 6.58 Å². The number of allylic oxidation sites excluding steroid dienone is 4. The highest BCUT2D eigenvalue weighted by Crippen LogP contribution is 2.39. The van der Waals surface area contributed by atoms with E-state index in [0.29, 0.717) is 63.4 Å². The van der Waals surface area contributed by atoms with Crippen molar-refractivity contribution < 1.29 is 58.2 Å². The van der Waals surface area contributed by atoms with E-state index in [0.717, 1.165) is 5.57 Å². The van der Waals surface area contributed by atoms with E-state index in [1.165, 1.54) is 4.90 Å². The quantitative estimate of drug-likeness (QED) is 0.178. The summed E-state index contributed by atoms with van der Waals surface area (Å²) in [6.45, 7) is 13.4. The first-order chi connectivity index (χ1) is 27.5. The molecule has 1 amide bonds. The molecule has 0 aromatic rings. The SMILES string of the molecule is C=CC[C@@H]1/C=C(\C)C[C@H](C)C[C@@H](OC)C2O[C@@](O)(C(=O)CC(=O)N3CCCC[C@H]3C(=O)O[C@H](/C(C)=C/C3CC[C@@H](O)[C@H](OC)C3)[C@H](C)[C@@H](O)CC1=O)[C@H](C)C[C@@H]2OC. The lowest BCUT2D eigenvalue weighted by Gasteiger charge is -2.46. The van der Waals surface area contributed by atoms with E-state index in [2.05, 4.69) is 13.5 Å². The second-order valence-electron chi connectivity index (χ2n) is 17.6. The Kier molecular flexibility index (Phi) is 17.9. The van der Waals surface area contributed by atoms with E-state index in [1.807, 2.05) is 26.0 Å². The molecule has 0 aromatic carbocycles. The summed E-state index contributed by atoms with van der Waals surface area (Å²) in [7, 11) is 4.66. The van der Waals surface area contributed by atoms with E-state index in [9.17, 15) is 34.5 Å². The number of aliphatic hydroxyl groups excluding tert-OH is 2. The standard InChI is InChI=1S/C45H71NO12/c1-10-13-32-19-26(2)18-27(3)20-38(55-8)43-39(56-9)22-29(5)45(53,58-43)40(50)25-41(51)46-17-12-11-14-33(46)44(52)57-42(30(6)35(48)24-36(32)49)28(4)21-31-15-16-34(47)37(23-31)54-7/h10,19,21,27,29-35,37-39,42-43,47-48,53H,1,11-18,20,22-25H2,2-9H3/b26-19+,28-21+/t27-,29+,30+,31?,32+,33-,34+,35-,37+,38+,39-,42+,43?,45+/m0/s1.